The minimum Gasteiger partial charge on any atom is -0.390 e. The van der Waals surface area contributed by atoms with E-state index in [1.165, 1.54) is 19.3 Å². The van der Waals surface area contributed by atoms with Gasteiger partial charge in [0.05, 0.1) is 5.60 Å². The standard InChI is InChI=1S/C13H27NO/c1-10-7-11(2)9-12(8-10)14-6-5-13(3,4)15/h10-12,14-15H,5-9H2,1-4H3. The predicted octanol–water partition coefficient (Wildman–Crippen LogP) is 2.56. The molecule has 1 aliphatic rings. The Kier molecular flexibility index (Phi) is 4.60. The molecule has 15 heavy (non-hydrogen) atoms. The molecule has 0 aromatic heterocycles. The summed E-state index contributed by atoms with van der Waals surface area (Å²) in [5.41, 5.74) is -0.529. The molecule has 0 radical (unpaired) electrons. The van der Waals surface area contributed by atoms with E-state index in [1.807, 2.05) is 13.8 Å². The van der Waals surface area contributed by atoms with Crippen LogP contribution < -0.4 is 5.32 Å². The second-order valence-electron chi connectivity index (χ2n) is 6.13. The second kappa shape index (κ2) is 5.31. The summed E-state index contributed by atoms with van der Waals surface area (Å²) < 4.78 is 0. The molecular formula is C13H27NO. The summed E-state index contributed by atoms with van der Waals surface area (Å²) in [5, 5.41) is 13.2. The van der Waals surface area contributed by atoms with E-state index in [0.717, 1.165) is 24.8 Å². The molecule has 0 heterocycles. The van der Waals surface area contributed by atoms with Gasteiger partial charge in [0.25, 0.3) is 0 Å². The molecule has 2 nitrogen and oxygen atoms in total. The molecular weight excluding hydrogens is 186 g/mol. The summed E-state index contributed by atoms with van der Waals surface area (Å²) in [6.45, 7) is 9.38. The molecule has 2 heteroatoms. The van der Waals surface area contributed by atoms with Gasteiger partial charge in [-0.3, -0.25) is 0 Å². The Morgan fingerprint density at radius 3 is 2.13 bits per heavy atom. The highest BCUT2D eigenvalue weighted by Crippen LogP contribution is 2.28. The molecule has 0 aromatic rings. The molecule has 0 spiro atoms. The molecule has 0 aromatic carbocycles. The Bertz CT molecular complexity index is 175. The summed E-state index contributed by atoms with van der Waals surface area (Å²) in [6.07, 6.45) is 4.82. The summed E-state index contributed by atoms with van der Waals surface area (Å²) in [7, 11) is 0. The lowest BCUT2D eigenvalue weighted by atomic mass is 9.80. The van der Waals surface area contributed by atoms with Crippen LogP contribution in [0.15, 0.2) is 0 Å². The molecule has 1 aliphatic carbocycles. The Labute approximate surface area is 94.5 Å². The maximum Gasteiger partial charge on any atom is 0.0603 e. The maximum absolute atomic E-state index is 9.61. The van der Waals surface area contributed by atoms with Crippen LogP contribution in [0.4, 0.5) is 0 Å². The van der Waals surface area contributed by atoms with Crippen LogP contribution in [-0.2, 0) is 0 Å². The lowest BCUT2D eigenvalue weighted by Gasteiger charge is -2.32. The van der Waals surface area contributed by atoms with Crippen LogP contribution in [0.1, 0.15) is 53.4 Å². The van der Waals surface area contributed by atoms with Crippen LogP contribution in [0.25, 0.3) is 0 Å². The van der Waals surface area contributed by atoms with Crippen molar-refractivity contribution in [3.8, 4) is 0 Å². The molecule has 2 N–H and O–H groups in total. The van der Waals surface area contributed by atoms with Crippen LogP contribution in [0, 0.1) is 11.8 Å². The molecule has 2 atom stereocenters. The first-order valence-corrected chi connectivity index (χ1v) is 6.32. The van der Waals surface area contributed by atoms with E-state index in [0.29, 0.717) is 6.04 Å². The fourth-order valence-electron chi connectivity index (χ4n) is 2.70. The normalized spacial score (nSPS) is 33.0. The largest absolute Gasteiger partial charge is 0.390 e. The molecule has 0 bridgehead atoms. The van der Waals surface area contributed by atoms with Gasteiger partial charge in [-0.05, 0) is 57.9 Å². The molecule has 1 saturated carbocycles. The molecule has 90 valence electrons. The zero-order chi connectivity index (χ0) is 11.5. The zero-order valence-corrected chi connectivity index (χ0v) is 10.7. The van der Waals surface area contributed by atoms with Crippen LogP contribution in [-0.4, -0.2) is 23.3 Å². The smallest absolute Gasteiger partial charge is 0.0603 e. The predicted molar refractivity (Wildman–Crippen MR) is 64.9 cm³/mol. The van der Waals surface area contributed by atoms with E-state index < -0.39 is 5.60 Å². The summed E-state index contributed by atoms with van der Waals surface area (Å²) in [4.78, 5) is 0. The van der Waals surface area contributed by atoms with Gasteiger partial charge < -0.3 is 10.4 Å². The van der Waals surface area contributed by atoms with Gasteiger partial charge in [-0.15, -0.1) is 0 Å². The van der Waals surface area contributed by atoms with E-state index in [2.05, 4.69) is 19.2 Å². The SMILES string of the molecule is CC1CC(C)CC(NCCC(C)(C)O)C1. The van der Waals surface area contributed by atoms with E-state index in [1.54, 1.807) is 0 Å². The Hall–Kier alpha value is -0.0800. The van der Waals surface area contributed by atoms with E-state index in [4.69, 9.17) is 0 Å². The van der Waals surface area contributed by atoms with Gasteiger partial charge in [-0.2, -0.15) is 0 Å². The summed E-state index contributed by atoms with van der Waals surface area (Å²) >= 11 is 0. The van der Waals surface area contributed by atoms with E-state index in [9.17, 15) is 5.11 Å². The van der Waals surface area contributed by atoms with Gasteiger partial charge >= 0.3 is 0 Å². The highest BCUT2D eigenvalue weighted by molar-refractivity contribution is 4.80. The highest BCUT2D eigenvalue weighted by atomic mass is 16.3. The van der Waals surface area contributed by atoms with Crippen molar-refractivity contribution in [2.24, 2.45) is 11.8 Å². The Morgan fingerprint density at radius 2 is 1.67 bits per heavy atom. The third-order valence-electron chi connectivity index (χ3n) is 3.35. The van der Waals surface area contributed by atoms with Crippen LogP contribution in [0.2, 0.25) is 0 Å². The molecule has 2 unspecified atom stereocenters. The number of aliphatic hydroxyl groups is 1. The van der Waals surface area contributed by atoms with Gasteiger partial charge in [0.1, 0.15) is 0 Å². The molecule has 1 fully saturated rings. The van der Waals surface area contributed by atoms with Crippen molar-refractivity contribution >= 4 is 0 Å². The van der Waals surface area contributed by atoms with Crippen molar-refractivity contribution in [3.05, 3.63) is 0 Å². The monoisotopic (exact) mass is 213 g/mol. The lowest BCUT2D eigenvalue weighted by Crippen LogP contribution is -2.38. The van der Waals surface area contributed by atoms with Gasteiger partial charge in [-0.25, -0.2) is 0 Å². The minimum atomic E-state index is -0.529. The first kappa shape index (κ1) is 13.0. The topological polar surface area (TPSA) is 32.3 Å². The van der Waals surface area contributed by atoms with Gasteiger partial charge in [0.15, 0.2) is 0 Å². The third kappa shape index (κ3) is 5.53. The number of hydrogen-bond acceptors (Lipinski definition) is 2. The number of nitrogens with one attached hydrogen (secondary N) is 1. The van der Waals surface area contributed by atoms with Crippen LogP contribution in [0.5, 0.6) is 0 Å². The molecule has 0 aliphatic heterocycles. The third-order valence-corrected chi connectivity index (χ3v) is 3.35. The fourth-order valence-corrected chi connectivity index (χ4v) is 2.70. The molecule has 0 saturated heterocycles. The average molecular weight is 213 g/mol. The molecule has 1 rings (SSSR count). The van der Waals surface area contributed by atoms with Gasteiger partial charge in [-0.1, -0.05) is 13.8 Å². The maximum atomic E-state index is 9.61. The average Bonchev–Trinajstić information content (AvgIpc) is 1.99. The lowest BCUT2D eigenvalue weighted by molar-refractivity contribution is 0.0691. The zero-order valence-electron chi connectivity index (χ0n) is 10.7. The second-order valence-corrected chi connectivity index (χ2v) is 6.13. The van der Waals surface area contributed by atoms with E-state index >= 15 is 0 Å². The Balaban J connectivity index is 2.21. The Morgan fingerprint density at radius 1 is 1.13 bits per heavy atom. The first-order chi connectivity index (χ1) is 6.87. The van der Waals surface area contributed by atoms with Crippen molar-refractivity contribution in [2.45, 2.75) is 65.0 Å². The number of rotatable bonds is 4. The first-order valence-electron chi connectivity index (χ1n) is 6.32. The summed E-state index contributed by atoms with van der Waals surface area (Å²) in [6, 6.07) is 0.672. The quantitative estimate of drug-likeness (QED) is 0.752. The van der Waals surface area contributed by atoms with Crippen molar-refractivity contribution in [3.63, 3.8) is 0 Å². The van der Waals surface area contributed by atoms with Gasteiger partial charge in [0.2, 0.25) is 0 Å². The van der Waals surface area contributed by atoms with E-state index in [-0.39, 0.29) is 0 Å². The highest BCUT2D eigenvalue weighted by Gasteiger charge is 2.23. The van der Waals surface area contributed by atoms with Crippen molar-refractivity contribution in [1.82, 2.24) is 5.32 Å². The molecule has 0 amide bonds. The number of hydrogen-bond donors (Lipinski definition) is 2. The van der Waals surface area contributed by atoms with Crippen molar-refractivity contribution in [2.75, 3.05) is 6.54 Å². The van der Waals surface area contributed by atoms with Crippen molar-refractivity contribution in [1.29, 1.82) is 0 Å². The fraction of sp³-hybridized carbons (Fsp3) is 1.00. The van der Waals surface area contributed by atoms with Crippen molar-refractivity contribution < 1.29 is 5.11 Å². The van der Waals surface area contributed by atoms with Gasteiger partial charge in [0, 0.05) is 6.04 Å². The summed E-state index contributed by atoms with van der Waals surface area (Å²) in [5.74, 6) is 1.71. The minimum absolute atomic E-state index is 0.529. The van der Waals surface area contributed by atoms with Crippen LogP contribution >= 0.6 is 0 Å². The van der Waals surface area contributed by atoms with Crippen LogP contribution in [0.3, 0.4) is 0 Å².